The standard InChI is InChI=1S/C19H26N4O/c1-14-8-9-18(23(14)3)19(24)21-17-7-5-4-6-16(17)20-15-10-12-22(2)13-11-15/h4-9,15,20H,10-13H2,1-3H3,(H,21,24). The van der Waals surface area contributed by atoms with Gasteiger partial charge in [0.15, 0.2) is 0 Å². The van der Waals surface area contributed by atoms with Crippen molar-refractivity contribution < 1.29 is 4.79 Å². The van der Waals surface area contributed by atoms with Gasteiger partial charge in [-0.15, -0.1) is 0 Å². The van der Waals surface area contributed by atoms with Crippen LogP contribution >= 0.6 is 0 Å². The van der Waals surface area contributed by atoms with E-state index in [1.807, 2.05) is 54.9 Å². The van der Waals surface area contributed by atoms with Crippen LogP contribution in [0.1, 0.15) is 29.0 Å². The molecule has 5 nitrogen and oxygen atoms in total. The molecular weight excluding hydrogens is 300 g/mol. The number of carbonyl (C=O) groups excluding carboxylic acids is 1. The number of piperidine rings is 1. The molecule has 3 rings (SSSR count). The molecule has 1 aromatic carbocycles. The molecule has 0 atom stereocenters. The molecular formula is C19H26N4O. The second-order valence-electron chi connectivity index (χ2n) is 6.64. The van der Waals surface area contributed by atoms with Crippen LogP contribution in [0.25, 0.3) is 0 Å². The summed E-state index contributed by atoms with van der Waals surface area (Å²) in [6.07, 6.45) is 2.24. The first-order valence-corrected chi connectivity index (χ1v) is 8.52. The number of nitrogens with zero attached hydrogens (tertiary/aromatic N) is 2. The van der Waals surface area contributed by atoms with Crippen molar-refractivity contribution >= 4 is 17.3 Å². The highest BCUT2D eigenvalue weighted by Crippen LogP contribution is 2.25. The van der Waals surface area contributed by atoms with Crippen LogP contribution in [-0.4, -0.2) is 41.6 Å². The van der Waals surface area contributed by atoms with Crippen molar-refractivity contribution in [2.75, 3.05) is 30.8 Å². The van der Waals surface area contributed by atoms with Crippen LogP contribution in [-0.2, 0) is 7.05 Å². The van der Waals surface area contributed by atoms with Crippen molar-refractivity contribution in [1.82, 2.24) is 9.47 Å². The summed E-state index contributed by atoms with van der Waals surface area (Å²) in [5.41, 5.74) is 3.56. The molecule has 0 aliphatic carbocycles. The number of likely N-dealkylation sites (tertiary alicyclic amines) is 1. The van der Waals surface area contributed by atoms with E-state index in [1.165, 1.54) is 0 Å². The van der Waals surface area contributed by atoms with Crippen molar-refractivity contribution in [3.8, 4) is 0 Å². The highest BCUT2D eigenvalue weighted by Gasteiger charge is 2.18. The van der Waals surface area contributed by atoms with Crippen molar-refractivity contribution in [1.29, 1.82) is 0 Å². The Kier molecular flexibility index (Phi) is 4.90. The van der Waals surface area contributed by atoms with E-state index < -0.39 is 0 Å². The molecule has 1 aromatic heterocycles. The summed E-state index contributed by atoms with van der Waals surface area (Å²) < 4.78 is 1.91. The Bertz CT molecular complexity index is 714. The minimum absolute atomic E-state index is 0.0803. The third-order valence-electron chi connectivity index (χ3n) is 4.86. The molecule has 5 heteroatoms. The molecule has 0 unspecified atom stereocenters. The van der Waals surface area contributed by atoms with Crippen LogP contribution in [0.2, 0.25) is 0 Å². The molecule has 1 aliphatic rings. The second kappa shape index (κ2) is 7.09. The van der Waals surface area contributed by atoms with E-state index >= 15 is 0 Å². The average molecular weight is 326 g/mol. The van der Waals surface area contributed by atoms with Gasteiger partial charge in [0, 0.05) is 18.8 Å². The molecule has 1 amide bonds. The molecule has 0 saturated carbocycles. The number of carbonyl (C=O) groups is 1. The number of benzene rings is 1. The zero-order chi connectivity index (χ0) is 17.1. The lowest BCUT2D eigenvalue weighted by atomic mass is 10.0. The average Bonchev–Trinajstić information content (AvgIpc) is 2.91. The normalized spacial score (nSPS) is 16.1. The van der Waals surface area contributed by atoms with Gasteiger partial charge in [0.2, 0.25) is 0 Å². The van der Waals surface area contributed by atoms with Gasteiger partial charge < -0.3 is 20.1 Å². The summed E-state index contributed by atoms with van der Waals surface area (Å²) >= 11 is 0. The lowest BCUT2D eigenvalue weighted by Crippen LogP contribution is -2.36. The monoisotopic (exact) mass is 326 g/mol. The third-order valence-corrected chi connectivity index (χ3v) is 4.86. The van der Waals surface area contributed by atoms with Crippen LogP contribution in [0.4, 0.5) is 11.4 Å². The molecule has 0 spiro atoms. The van der Waals surface area contributed by atoms with E-state index in [0.717, 1.165) is 43.0 Å². The van der Waals surface area contributed by atoms with Gasteiger partial charge in [-0.1, -0.05) is 12.1 Å². The Morgan fingerprint density at radius 2 is 1.71 bits per heavy atom. The maximum absolute atomic E-state index is 12.6. The van der Waals surface area contributed by atoms with Crippen LogP contribution in [0, 0.1) is 6.92 Å². The molecule has 2 aromatic rings. The SMILES string of the molecule is Cc1ccc(C(=O)Nc2ccccc2NC2CCN(C)CC2)n1C. The Labute approximate surface area is 143 Å². The van der Waals surface area contributed by atoms with Crippen molar-refractivity contribution in [3.05, 3.63) is 47.8 Å². The predicted molar refractivity (Wildman–Crippen MR) is 98.7 cm³/mol. The van der Waals surface area contributed by atoms with Gasteiger partial charge in [-0.05, 0) is 64.2 Å². The number of rotatable bonds is 4. The number of nitrogens with one attached hydrogen (secondary N) is 2. The minimum atomic E-state index is -0.0803. The molecule has 0 radical (unpaired) electrons. The number of anilines is 2. The fourth-order valence-corrected chi connectivity index (χ4v) is 3.12. The van der Waals surface area contributed by atoms with Crippen LogP contribution in [0.5, 0.6) is 0 Å². The molecule has 2 heterocycles. The lowest BCUT2D eigenvalue weighted by molar-refractivity contribution is 0.101. The first-order valence-electron chi connectivity index (χ1n) is 8.52. The maximum atomic E-state index is 12.6. The Balaban J connectivity index is 1.72. The third kappa shape index (κ3) is 3.62. The van der Waals surface area contributed by atoms with E-state index in [1.54, 1.807) is 0 Å². The molecule has 24 heavy (non-hydrogen) atoms. The predicted octanol–water partition coefficient (Wildman–Crippen LogP) is 3.09. The second-order valence-corrected chi connectivity index (χ2v) is 6.64. The molecule has 1 aliphatic heterocycles. The van der Waals surface area contributed by atoms with Gasteiger partial charge in [0.05, 0.1) is 11.4 Å². The first kappa shape index (κ1) is 16.6. The largest absolute Gasteiger partial charge is 0.381 e. The first-order chi connectivity index (χ1) is 11.5. The number of para-hydroxylation sites is 2. The molecule has 128 valence electrons. The fourth-order valence-electron chi connectivity index (χ4n) is 3.12. The fraction of sp³-hybridized carbons (Fsp3) is 0.421. The molecule has 0 bridgehead atoms. The number of amides is 1. The quantitative estimate of drug-likeness (QED) is 0.908. The van der Waals surface area contributed by atoms with Crippen molar-refractivity contribution in [2.45, 2.75) is 25.8 Å². The van der Waals surface area contributed by atoms with E-state index in [4.69, 9.17) is 0 Å². The van der Waals surface area contributed by atoms with Gasteiger partial charge in [-0.3, -0.25) is 4.79 Å². The topological polar surface area (TPSA) is 49.3 Å². The molecule has 1 saturated heterocycles. The molecule has 2 N–H and O–H groups in total. The highest BCUT2D eigenvalue weighted by molar-refractivity contribution is 6.05. The van der Waals surface area contributed by atoms with E-state index in [0.29, 0.717) is 11.7 Å². The smallest absolute Gasteiger partial charge is 0.272 e. The van der Waals surface area contributed by atoms with Crippen LogP contribution < -0.4 is 10.6 Å². The van der Waals surface area contributed by atoms with Crippen LogP contribution in [0.3, 0.4) is 0 Å². The highest BCUT2D eigenvalue weighted by atomic mass is 16.1. The number of hydrogen-bond donors (Lipinski definition) is 2. The van der Waals surface area contributed by atoms with Gasteiger partial charge in [-0.2, -0.15) is 0 Å². The Morgan fingerprint density at radius 1 is 1.04 bits per heavy atom. The number of hydrogen-bond acceptors (Lipinski definition) is 3. The van der Waals surface area contributed by atoms with Crippen molar-refractivity contribution in [2.24, 2.45) is 7.05 Å². The Morgan fingerprint density at radius 3 is 2.33 bits per heavy atom. The van der Waals surface area contributed by atoms with Gasteiger partial charge in [0.1, 0.15) is 5.69 Å². The van der Waals surface area contributed by atoms with Gasteiger partial charge in [-0.25, -0.2) is 0 Å². The minimum Gasteiger partial charge on any atom is -0.381 e. The molecule has 1 fully saturated rings. The number of aromatic nitrogens is 1. The van der Waals surface area contributed by atoms with Gasteiger partial charge >= 0.3 is 0 Å². The van der Waals surface area contributed by atoms with E-state index in [9.17, 15) is 4.79 Å². The Hall–Kier alpha value is -2.27. The van der Waals surface area contributed by atoms with Gasteiger partial charge in [0.25, 0.3) is 5.91 Å². The van der Waals surface area contributed by atoms with E-state index in [2.05, 4.69) is 22.6 Å². The summed E-state index contributed by atoms with van der Waals surface area (Å²) in [7, 11) is 4.07. The summed E-state index contributed by atoms with van der Waals surface area (Å²) in [5, 5.41) is 6.65. The summed E-state index contributed by atoms with van der Waals surface area (Å²) in [6, 6.07) is 12.2. The zero-order valence-electron chi connectivity index (χ0n) is 14.7. The lowest BCUT2D eigenvalue weighted by Gasteiger charge is -2.30. The number of aryl methyl sites for hydroxylation is 1. The maximum Gasteiger partial charge on any atom is 0.272 e. The van der Waals surface area contributed by atoms with Crippen LogP contribution in [0.15, 0.2) is 36.4 Å². The van der Waals surface area contributed by atoms with E-state index in [-0.39, 0.29) is 5.91 Å². The summed E-state index contributed by atoms with van der Waals surface area (Å²) in [5.74, 6) is -0.0803. The summed E-state index contributed by atoms with van der Waals surface area (Å²) in [6.45, 7) is 4.20. The van der Waals surface area contributed by atoms with Crippen molar-refractivity contribution in [3.63, 3.8) is 0 Å². The summed E-state index contributed by atoms with van der Waals surface area (Å²) in [4.78, 5) is 14.9. The zero-order valence-corrected chi connectivity index (χ0v) is 14.7.